The number of piperazine rings is 1. The normalized spacial score (nSPS) is 14.2. The van der Waals surface area contributed by atoms with Crippen molar-refractivity contribution in [2.45, 2.75) is 0 Å². The minimum absolute atomic E-state index is 0.0842. The Balaban J connectivity index is 1.72. The molecule has 6 nitrogen and oxygen atoms in total. The Morgan fingerprint density at radius 3 is 2.35 bits per heavy atom. The molecule has 0 spiro atoms. The number of benzene rings is 2. The van der Waals surface area contributed by atoms with Crippen molar-refractivity contribution in [3.8, 4) is 0 Å². The highest BCUT2D eigenvalue weighted by molar-refractivity contribution is 6.31. The number of nitrogen functional groups attached to an aromatic ring is 1. The molecule has 4 N–H and O–H groups in total. The van der Waals surface area contributed by atoms with Crippen LogP contribution in [0.25, 0.3) is 0 Å². The summed E-state index contributed by atoms with van der Waals surface area (Å²) in [6, 6.07) is 11.2. The van der Waals surface area contributed by atoms with Gasteiger partial charge in [-0.3, -0.25) is 4.79 Å². The first-order valence-corrected chi connectivity index (χ1v) is 8.83. The van der Waals surface area contributed by atoms with Crippen molar-refractivity contribution < 1.29 is 4.79 Å². The van der Waals surface area contributed by atoms with Crippen LogP contribution >= 0.6 is 11.6 Å². The van der Waals surface area contributed by atoms with E-state index < -0.39 is 0 Å². The first kappa shape index (κ1) is 18.1. The molecule has 1 aliphatic rings. The smallest absolute Gasteiger partial charge is 0.251 e. The minimum Gasteiger partial charge on any atom is -0.398 e. The molecule has 0 saturated carbocycles. The first-order chi connectivity index (χ1) is 12.5. The topological polar surface area (TPSA) is 85.5 Å². The zero-order valence-electron chi connectivity index (χ0n) is 14.6. The average Bonchev–Trinajstić information content (AvgIpc) is 2.67. The minimum atomic E-state index is -0.0842. The average molecular weight is 372 g/mol. The summed E-state index contributed by atoms with van der Waals surface area (Å²) in [6.07, 6.45) is 1.28. The molecule has 3 rings (SSSR count). The predicted octanol–water partition coefficient (Wildman–Crippen LogP) is 2.61. The maximum atomic E-state index is 11.6. The molecule has 0 atom stereocenters. The van der Waals surface area contributed by atoms with Crippen LogP contribution in [0.2, 0.25) is 5.02 Å². The zero-order chi connectivity index (χ0) is 18.7. The second kappa shape index (κ2) is 7.66. The van der Waals surface area contributed by atoms with E-state index in [0.29, 0.717) is 21.8 Å². The summed E-state index contributed by atoms with van der Waals surface area (Å²) in [5, 5.41) is 10.8. The van der Waals surface area contributed by atoms with Crippen molar-refractivity contribution in [1.29, 1.82) is 5.41 Å². The van der Waals surface area contributed by atoms with E-state index in [2.05, 4.69) is 15.1 Å². The molecule has 0 aliphatic carbocycles. The third-order valence-corrected chi connectivity index (χ3v) is 4.86. The third kappa shape index (κ3) is 3.60. The highest BCUT2D eigenvalue weighted by Crippen LogP contribution is 2.30. The molecule has 1 amide bonds. The fourth-order valence-corrected chi connectivity index (χ4v) is 3.44. The molecule has 0 bridgehead atoms. The second-order valence-electron chi connectivity index (χ2n) is 6.17. The van der Waals surface area contributed by atoms with Crippen LogP contribution in [0.1, 0.15) is 15.9 Å². The van der Waals surface area contributed by atoms with Crippen LogP contribution in [-0.2, 0) is 0 Å². The van der Waals surface area contributed by atoms with Gasteiger partial charge in [-0.25, -0.2) is 0 Å². The van der Waals surface area contributed by atoms with Gasteiger partial charge in [0, 0.05) is 72.7 Å². The molecule has 7 heteroatoms. The lowest BCUT2D eigenvalue weighted by molar-refractivity contribution is 0.0963. The van der Waals surface area contributed by atoms with Crippen LogP contribution in [0.3, 0.4) is 0 Å². The highest BCUT2D eigenvalue weighted by atomic mass is 35.5. The maximum Gasteiger partial charge on any atom is 0.251 e. The number of amides is 1. The summed E-state index contributed by atoms with van der Waals surface area (Å²) in [7, 11) is 1.63. The van der Waals surface area contributed by atoms with Crippen LogP contribution in [0, 0.1) is 5.41 Å². The largest absolute Gasteiger partial charge is 0.398 e. The van der Waals surface area contributed by atoms with Gasteiger partial charge in [-0.05, 0) is 36.4 Å². The van der Waals surface area contributed by atoms with Gasteiger partial charge in [0.25, 0.3) is 5.91 Å². The Morgan fingerprint density at radius 2 is 1.77 bits per heavy atom. The number of nitrogens with zero attached hydrogens (tertiary/aromatic N) is 2. The SMILES string of the molecule is CNC(=O)c1ccc(N2CCN(c3cc(Cl)cc(N)c3C=N)CC2)cc1. The Labute approximate surface area is 158 Å². The van der Waals surface area contributed by atoms with Gasteiger partial charge in [0.2, 0.25) is 0 Å². The van der Waals surface area contributed by atoms with E-state index in [0.717, 1.165) is 37.6 Å². The number of hydrogen-bond donors (Lipinski definition) is 3. The maximum absolute atomic E-state index is 11.6. The summed E-state index contributed by atoms with van der Waals surface area (Å²) in [5.74, 6) is -0.0842. The Morgan fingerprint density at radius 1 is 1.15 bits per heavy atom. The lowest BCUT2D eigenvalue weighted by Crippen LogP contribution is -2.46. The molecule has 1 heterocycles. The molecule has 136 valence electrons. The van der Waals surface area contributed by atoms with Crippen molar-refractivity contribution in [3.63, 3.8) is 0 Å². The molecule has 0 radical (unpaired) electrons. The van der Waals surface area contributed by atoms with Gasteiger partial charge in [-0.1, -0.05) is 11.6 Å². The van der Waals surface area contributed by atoms with Gasteiger partial charge in [0.15, 0.2) is 0 Å². The van der Waals surface area contributed by atoms with Crippen molar-refractivity contribution in [2.24, 2.45) is 0 Å². The second-order valence-corrected chi connectivity index (χ2v) is 6.61. The van der Waals surface area contributed by atoms with Crippen LogP contribution in [0.4, 0.5) is 17.1 Å². The van der Waals surface area contributed by atoms with Crippen LogP contribution in [-0.4, -0.2) is 45.3 Å². The van der Waals surface area contributed by atoms with E-state index in [9.17, 15) is 4.79 Å². The number of carbonyl (C=O) groups excluding carboxylic acids is 1. The molecular formula is C19H22ClN5O. The number of nitrogens with two attached hydrogens (primary N) is 1. The quantitative estimate of drug-likeness (QED) is 0.569. The summed E-state index contributed by atoms with van der Waals surface area (Å²) >= 11 is 6.15. The van der Waals surface area contributed by atoms with E-state index >= 15 is 0 Å². The van der Waals surface area contributed by atoms with Crippen LogP contribution < -0.4 is 20.9 Å². The van der Waals surface area contributed by atoms with Crippen molar-refractivity contribution in [3.05, 3.63) is 52.5 Å². The number of carbonyl (C=O) groups is 1. The van der Waals surface area contributed by atoms with Crippen LogP contribution in [0.15, 0.2) is 36.4 Å². The van der Waals surface area contributed by atoms with E-state index in [1.54, 1.807) is 13.1 Å². The fraction of sp³-hybridized carbons (Fsp3) is 0.263. The molecule has 1 saturated heterocycles. The van der Waals surface area contributed by atoms with E-state index in [-0.39, 0.29) is 5.91 Å². The highest BCUT2D eigenvalue weighted by Gasteiger charge is 2.20. The Bertz CT molecular complexity index is 813. The molecular weight excluding hydrogens is 350 g/mol. The first-order valence-electron chi connectivity index (χ1n) is 8.45. The molecule has 2 aromatic rings. The van der Waals surface area contributed by atoms with Gasteiger partial charge >= 0.3 is 0 Å². The number of halogens is 1. The van der Waals surface area contributed by atoms with Crippen molar-refractivity contribution in [1.82, 2.24) is 5.32 Å². The van der Waals surface area contributed by atoms with Gasteiger partial charge in [-0.2, -0.15) is 0 Å². The molecule has 26 heavy (non-hydrogen) atoms. The summed E-state index contributed by atoms with van der Waals surface area (Å²) in [5.41, 5.74) is 9.88. The molecule has 1 aliphatic heterocycles. The number of hydrogen-bond acceptors (Lipinski definition) is 5. The monoisotopic (exact) mass is 371 g/mol. The standard InChI is InChI=1S/C19H22ClN5O/c1-23-19(26)13-2-4-15(5-3-13)24-6-8-25(9-7-24)18-11-14(20)10-17(22)16(18)12-21/h2-5,10-12,21H,6-9,22H2,1H3,(H,23,26). The summed E-state index contributed by atoms with van der Waals surface area (Å²) < 4.78 is 0. The van der Waals surface area contributed by atoms with Crippen molar-refractivity contribution >= 4 is 40.8 Å². The Hall–Kier alpha value is -2.73. The van der Waals surface area contributed by atoms with Crippen LogP contribution in [0.5, 0.6) is 0 Å². The van der Waals surface area contributed by atoms with Gasteiger partial charge < -0.3 is 26.3 Å². The van der Waals surface area contributed by atoms with E-state index in [1.807, 2.05) is 30.3 Å². The lowest BCUT2D eigenvalue weighted by Gasteiger charge is -2.38. The third-order valence-electron chi connectivity index (χ3n) is 4.64. The number of rotatable bonds is 4. The molecule has 0 unspecified atom stereocenters. The number of anilines is 3. The molecule has 0 aromatic heterocycles. The van der Waals surface area contributed by atoms with Crippen molar-refractivity contribution in [2.75, 3.05) is 48.8 Å². The number of nitrogens with one attached hydrogen (secondary N) is 2. The van der Waals surface area contributed by atoms with E-state index in [1.165, 1.54) is 6.21 Å². The van der Waals surface area contributed by atoms with E-state index in [4.69, 9.17) is 22.7 Å². The molecule has 2 aromatic carbocycles. The zero-order valence-corrected chi connectivity index (χ0v) is 15.4. The fourth-order valence-electron chi connectivity index (χ4n) is 3.22. The van der Waals surface area contributed by atoms with Gasteiger partial charge in [0.1, 0.15) is 0 Å². The van der Waals surface area contributed by atoms with Gasteiger partial charge in [0.05, 0.1) is 0 Å². The predicted molar refractivity (Wildman–Crippen MR) is 108 cm³/mol. The summed E-state index contributed by atoms with van der Waals surface area (Å²) in [6.45, 7) is 3.28. The van der Waals surface area contributed by atoms with Gasteiger partial charge in [-0.15, -0.1) is 0 Å². The summed E-state index contributed by atoms with van der Waals surface area (Å²) in [4.78, 5) is 16.1. The lowest BCUT2D eigenvalue weighted by atomic mass is 10.1. The Kier molecular flexibility index (Phi) is 5.32. The molecule has 1 fully saturated rings.